The molecule has 0 heterocycles. The quantitative estimate of drug-likeness (QED) is 0.388. The summed E-state index contributed by atoms with van der Waals surface area (Å²) in [6.45, 7) is 2.11. The van der Waals surface area contributed by atoms with Crippen LogP contribution in [0.15, 0.2) is 91.0 Å². The molecule has 0 aromatic heterocycles. The minimum atomic E-state index is -2.48. The van der Waals surface area contributed by atoms with Crippen molar-refractivity contribution in [3.8, 4) is 0 Å². The summed E-state index contributed by atoms with van der Waals surface area (Å²) in [4.78, 5) is 12.8. The van der Waals surface area contributed by atoms with Crippen molar-refractivity contribution in [3.05, 3.63) is 108 Å². The highest BCUT2D eigenvalue weighted by Crippen LogP contribution is 2.25. The van der Waals surface area contributed by atoms with Gasteiger partial charge < -0.3 is 4.43 Å². The van der Waals surface area contributed by atoms with Crippen LogP contribution in [0.1, 0.15) is 42.9 Å². The predicted molar refractivity (Wildman–Crippen MR) is 122 cm³/mol. The Balaban J connectivity index is 1.96. The zero-order valence-corrected chi connectivity index (χ0v) is 18.2. The van der Waals surface area contributed by atoms with E-state index in [4.69, 9.17) is 4.43 Å². The van der Waals surface area contributed by atoms with Crippen LogP contribution in [0.2, 0.25) is 0 Å². The third kappa shape index (κ3) is 6.72. The topological polar surface area (TPSA) is 26.3 Å². The maximum absolute atomic E-state index is 12.8. The van der Waals surface area contributed by atoms with Crippen LogP contribution in [0.4, 0.5) is 0 Å². The van der Waals surface area contributed by atoms with Gasteiger partial charge in [0.15, 0.2) is 0 Å². The number of carbonyl (C=O) groups is 1. The zero-order chi connectivity index (χ0) is 20.4. The number of rotatable bonds is 10. The summed E-state index contributed by atoms with van der Waals surface area (Å²) in [5, 5.41) is 0. The van der Waals surface area contributed by atoms with Gasteiger partial charge in [-0.15, -0.1) is 0 Å². The fraction of sp³-hybridized carbons (Fsp3) is 0.269. The number of benzene rings is 3. The first-order chi connectivity index (χ1) is 14.2. The Morgan fingerprint density at radius 1 is 0.690 bits per heavy atom. The van der Waals surface area contributed by atoms with Crippen LogP contribution in [0.25, 0.3) is 0 Å². The molecule has 0 saturated carbocycles. The summed E-state index contributed by atoms with van der Waals surface area (Å²) in [7, 11) is -2.48. The van der Waals surface area contributed by atoms with Gasteiger partial charge in [0.05, 0.1) is 0 Å². The van der Waals surface area contributed by atoms with E-state index in [1.165, 1.54) is 16.7 Å². The highest BCUT2D eigenvalue weighted by molar-refractivity contribution is 6.73. The first-order valence-electron chi connectivity index (χ1n) is 10.5. The van der Waals surface area contributed by atoms with Crippen molar-refractivity contribution in [3.63, 3.8) is 0 Å². The molecular weight excluding hydrogens is 372 g/mol. The van der Waals surface area contributed by atoms with Gasteiger partial charge in [0.1, 0.15) is 0 Å². The third-order valence-corrected chi connectivity index (χ3v) is 8.99. The molecule has 150 valence electrons. The van der Waals surface area contributed by atoms with E-state index >= 15 is 0 Å². The lowest BCUT2D eigenvalue weighted by Gasteiger charge is -2.32. The SMILES string of the molecule is CCCCC(=O)O[Si](Cc1ccccc1)(Cc1ccccc1)Cc1ccccc1. The Morgan fingerprint density at radius 3 is 1.41 bits per heavy atom. The van der Waals surface area contributed by atoms with Gasteiger partial charge in [-0.25, -0.2) is 0 Å². The van der Waals surface area contributed by atoms with Crippen LogP contribution in [-0.4, -0.2) is 14.3 Å². The largest absolute Gasteiger partial charge is 0.518 e. The summed E-state index contributed by atoms with van der Waals surface area (Å²) in [5.41, 5.74) is 3.73. The van der Waals surface area contributed by atoms with Crippen LogP contribution in [0.3, 0.4) is 0 Å². The Labute approximate surface area is 175 Å². The lowest BCUT2D eigenvalue weighted by atomic mass is 10.2. The molecule has 2 nitrogen and oxygen atoms in total. The van der Waals surface area contributed by atoms with Gasteiger partial charge in [-0.05, 0) is 23.1 Å². The average Bonchev–Trinajstić information content (AvgIpc) is 2.74. The standard InChI is InChI=1S/C26H30O2Si/c1-2-3-19-26(27)28-29(20-23-13-7-4-8-14-23,21-24-15-9-5-10-16-24)22-25-17-11-6-12-18-25/h4-18H,2-3,19-22H2,1H3. The predicted octanol–water partition coefficient (Wildman–Crippen LogP) is 6.01. The van der Waals surface area contributed by atoms with Crippen LogP contribution >= 0.6 is 0 Å². The molecule has 3 aromatic carbocycles. The molecule has 0 N–H and O–H groups in total. The summed E-state index contributed by atoms with van der Waals surface area (Å²) in [6.07, 6.45) is 2.38. The van der Waals surface area contributed by atoms with Crippen molar-refractivity contribution < 1.29 is 9.22 Å². The van der Waals surface area contributed by atoms with E-state index in [0.717, 1.165) is 31.0 Å². The minimum Gasteiger partial charge on any atom is -0.518 e. The molecule has 0 aliphatic rings. The molecule has 0 amide bonds. The highest BCUT2D eigenvalue weighted by atomic mass is 28.4. The van der Waals surface area contributed by atoms with Crippen molar-refractivity contribution >= 4 is 14.3 Å². The van der Waals surface area contributed by atoms with Gasteiger partial charge in [-0.2, -0.15) is 0 Å². The summed E-state index contributed by atoms with van der Waals surface area (Å²) in [5.74, 6) is -0.0405. The summed E-state index contributed by atoms with van der Waals surface area (Å²) in [6, 6.07) is 33.9. The normalized spacial score (nSPS) is 11.2. The van der Waals surface area contributed by atoms with Gasteiger partial charge in [0.25, 0.3) is 14.3 Å². The van der Waals surface area contributed by atoms with Gasteiger partial charge in [-0.3, -0.25) is 4.79 Å². The van der Waals surface area contributed by atoms with Crippen LogP contribution in [-0.2, 0) is 27.4 Å². The van der Waals surface area contributed by atoms with Crippen LogP contribution < -0.4 is 0 Å². The van der Waals surface area contributed by atoms with Gasteiger partial charge >= 0.3 is 0 Å². The number of hydrogen-bond acceptors (Lipinski definition) is 2. The number of hydrogen-bond donors (Lipinski definition) is 0. The fourth-order valence-corrected chi connectivity index (χ4v) is 7.93. The van der Waals surface area contributed by atoms with Crippen molar-refractivity contribution in [2.24, 2.45) is 0 Å². The Bertz CT molecular complexity index is 762. The van der Waals surface area contributed by atoms with Crippen molar-refractivity contribution in [2.75, 3.05) is 0 Å². The van der Waals surface area contributed by atoms with E-state index in [0.29, 0.717) is 6.42 Å². The lowest BCUT2D eigenvalue weighted by molar-refractivity contribution is -0.135. The first kappa shape index (κ1) is 21.1. The minimum absolute atomic E-state index is 0.0405. The molecule has 3 aromatic rings. The molecule has 0 fully saturated rings. The molecule has 29 heavy (non-hydrogen) atoms. The fourth-order valence-electron chi connectivity index (χ4n) is 3.81. The third-order valence-electron chi connectivity index (χ3n) is 5.17. The second-order valence-electron chi connectivity index (χ2n) is 7.75. The first-order valence-corrected chi connectivity index (χ1v) is 13.1. The van der Waals surface area contributed by atoms with E-state index in [2.05, 4.69) is 79.7 Å². The van der Waals surface area contributed by atoms with Gasteiger partial charge in [0, 0.05) is 24.6 Å². The highest BCUT2D eigenvalue weighted by Gasteiger charge is 2.39. The van der Waals surface area contributed by atoms with Crippen molar-refractivity contribution in [1.29, 1.82) is 0 Å². The van der Waals surface area contributed by atoms with E-state index in [-0.39, 0.29) is 5.97 Å². The van der Waals surface area contributed by atoms with Gasteiger partial charge in [0.2, 0.25) is 0 Å². The smallest absolute Gasteiger partial charge is 0.292 e. The van der Waals surface area contributed by atoms with E-state index in [9.17, 15) is 4.79 Å². The molecule has 0 aliphatic heterocycles. The number of carbonyl (C=O) groups excluding carboxylic acids is 1. The van der Waals surface area contributed by atoms with Crippen LogP contribution in [0, 0.1) is 0 Å². The molecule has 0 aliphatic carbocycles. The molecule has 0 radical (unpaired) electrons. The van der Waals surface area contributed by atoms with E-state index < -0.39 is 8.32 Å². The maximum Gasteiger partial charge on any atom is 0.292 e. The maximum atomic E-state index is 12.8. The van der Waals surface area contributed by atoms with Crippen LogP contribution in [0.5, 0.6) is 0 Å². The van der Waals surface area contributed by atoms with E-state index in [1.54, 1.807) is 0 Å². The molecule has 3 rings (SSSR count). The summed E-state index contributed by atoms with van der Waals surface area (Å²) < 4.78 is 6.45. The van der Waals surface area contributed by atoms with Crippen molar-refractivity contribution in [1.82, 2.24) is 0 Å². The molecule has 0 atom stereocenters. The van der Waals surface area contributed by atoms with Gasteiger partial charge in [-0.1, -0.05) is 104 Å². The Hall–Kier alpha value is -2.65. The second kappa shape index (κ2) is 10.8. The Morgan fingerprint density at radius 2 is 1.07 bits per heavy atom. The molecule has 0 spiro atoms. The monoisotopic (exact) mass is 402 g/mol. The molecule has 3 heteroatoms. The average molecular weight is 403 g/mol. The molecule has 0 bridgehead atoms. The van der Waals surface area contributed by atoms with Crippen molar-refractivity contribution in [2.45, 2.75) is 44.3 Å². The molecule has 0 unspecified atom stereocenters. The summed E-state index contributed by atoms with van der Waals surface area (Å²) >= 11 is 0. The second-order valence-corrected chi connectivity index (χ2v) is 11.4. The number of unbranched alkanes of at least 4 members (excludes halogenated alkanes) is 1. The molecular formula is C26H30O2Si. The Kier molecular flexibility index (Phi) is 7.82. The molecule has 0 saturated heterocycles. The lowest BCUT2D eigenvalue weighted by Crippen LogP contribution is -2.49. The van der Waals surface area contributed by atoms with E-state index in [1.807, 2.05) is 18.2 Å². The zero-order valence-electron chi connectivity index (χ0n) is 17.2.